The van der Waals surface area contributed by atoms with E-state index in [0.29, 0.717) is 44.5 Å². The molecular formula is C54H38Br2O4. The summed E-state index contributed by atoms with van der Waals surface area (Å²) < 4.78 is 2.06. The number of hydrogen-bond donors (Lipinski definition) is 2. The number of aliphatic hydroxyl groups is 2. The normalized spacial score (nSPS) is 17.4. The van der Waals surface area contributed by atoms with Gasteiger partial charge in [0.25, 0.3) is 0 Å². The van der Waals surface area contributed by atoms with Crippen LogP contribution in [0, 0.1) is 13.8 Å². The molecular weight excluding hydrogens is 872 g/mol. The van der Waals surface area contributed by atoms with Crippen LogP contribution >= 0.6 is 31.9 Å². The summed E-state index contributed by atoms with van der Waals surface area (Å²) in [5.74, 6) is -0.117. The van der Waals surface area contributed by atoms with E-state index in [4.69, 9.17) is 0 Å². The van der Waals surface area contributed by atoms with E-state index >= 15 is 0 Å². The van der Waals surface area contributed by atoms with Crippen LogP contribution in [0.5, 0.6) is 0 Å². The molecule has 0 fully saturated rings. The molecule has 0 amide bonds. The Balaban J connectivity index is 0.000000226. The maximum Gasteiger partial charge on any atom is 0.194 e. The number of carbonyl (C=O) groups excluding carboxylic acids is 2. The number of aryl methyl sites for hydroxylation is 2. The summed E-state index contributed by atoms with van der Waals surface area (Å²) in [5.41, 5.74) is 9.66. The SMILES string of the molecule is Cc1ccc2c(c1)C(=O)c1ccccc1C2=O.Cc1ccc2c(c1)C(O)(c1ccc(-c3ccc(Br)cc3)cc1)c1ccccc1C2(O)c1ccc(-c2ccc(Br)cc2)cc1. The molecule has 2 aliphatic rings. The molecule has 60 heavy (non-hydrogen) atoms. The number of carbonyl (C=O) groups is 2. The largest absolute Gasteiger partial charge is 0.376 e. The van der Waals surface area contributed by atoms with Gasteiger partial charge in [-0.1, -0.05) is 195 Å². The molecule has 2 atom stereocenters. The first-order valence-electron chi connectivity index (χ1n) is 19.6. The second kappa shape index (κ2) is 15.5. The van der Waals surface area contributed by atoms with Gasteiger partial charge < -0.3 is 10.2 Å². The Hall–Kier alpha value is -6.02. The van der Waals surface area contributed by atoms with Gasteiger partial charge in [0, 0.05) is 31.2 Å². The van der Waals surface area contributed by atoms with Crippen molar-refractivity contribution in [2.45, 2.75) is 25.0 Å². The first-order chi connectivity index (χ1) is 29.0. The Morgan fingerprint density at radius 2 is 0.717 bits per heavy atom. The minimum atomic E-state index is -1.46. The van der Waals surface area contributed by atoms with Crippen LogP contribution in [-0.4, -0.2) is 21.8 Å². The Bertz CT molecular complexity index is 2950. The number of rotatable bonds is 4. The zero-order valence-corrected chi connectivity index (χ0v) is 36.0. The monoisotopic (exact) mass is 908 g/mol. The minimum Gasteiger partial charge on any atom is -0.376 e. The molecule has 8 aromatic rings. The predicted molar refractivity (Wildman–Crippen MR) is 245 cm³/mol. The van der Waals surface area contributed by atoms with Crippen LogP contribution in [0.15, 0.2) is 191 Å². The average molecular weight is 911 g/mol. The highest BCUT2D eigenvalue weighted by Gasteiger charge is 2.51. The highest BCUT2D eigenvalue weighted by atomic mass is 79.9. The maximum atomic E-state index is 12.8. The second-order valence-corrected chi connectivity index (χ2v) is 17.3. The molecule has 0 spiro atoms. The molecule has 0 heterocycles. The fourth-order valence-electron chi connectivity index (χ4n) is 8.60. The van der Waals surface area contributed by atoms with Gasteiger partial charge in [-0.05, 0) is 99.8 Å². The van der Waals surface area contributed by atoms with Gasteiger partial charge in [-0.15, -0.1) is 0 Å². The number of halogens is 2. The fourth-order valence-corrected chi connectivity index (χ4v) is 9.13. The van der Waals surface area contributed by atoms with Gasteiger partial charge in [0.2, 0.25) is 0 Å². The third-order valence-corrected chi connectivity index (χ3v) is 12.8. The third-order valence-electron chi connectivity index (χ3n) is 11.7. The van der Waals surface area contributed by atoms with Gasteiger partial charge >= 0.3 is 0 Å². The van der Waals surface area contributed by atoms with Crippen LogP contribution in [0.1, 0.15) is 76.4 Å². The summed E-state index contributed by atoms with van der Waals surface area (Å²) in [6, 6.07) is 58.7. The Labute approximate surface area is 366 Å². The van der Waals surface area contributed by atoms with Gasteiger partial charge in [-0.2, -0.15) is 0 Å². The molecule has 8 aromatic carbocycles. The third kappa shape index (κ3) is 6.70. The molecule has 0 bridgehead atoms. The van der Waals surface area contributed by atoms with Gasteiger partial charge in [0.05, 0.1) is 0 Å². The number of fused-ring (bicyclic) bond motifs is 4. The molecule has 292 valence electrons. The zero-order chi connectivity index (χ0) is 41.8. The number of benzene rings is 8. The Kier molecular flexibility index (Phi) is 10.2. The molecule has 2 aliphatic carbocycles. The van der Waals surface area contributed by atoms with E-state index < -0.39 is 11.2 Å². The number of ketones is 2. The van der Waals surface area contributed by atoms with Crippen LogP contribution < -0.4 is 0 Å². The van der Waals surface area contributed by atoms with Crippen molar-refractivity contribution in [1.82, 2.24) is 0 Å². The molecule has 0 radical (unpaired) electrons. The summed E-state index contributed by atoms with van der Waals surface area (Å²) in [7, 11) is 0. The first kappa shape index (κ1) is 39.4. The quantitative estimate of drug-likeness (QED) is 0.184. The minimum absolute atomic E-state index is 0.0566. The molecule has 0 saturated carbocycles. The molecule has 6 heteroatoms. The van der Waals surface area contributed by atoms with Crippen molar-refractivity contribution in [2.24, 2.45) is 0 Å². The Morgan fingerprint density at radius 1 is 0.367 bits per heavy atom. The van der Waals surface area contributed by atoms with Gasteiger partial charge in [-0.25, -0.2) is 0 Å². The molecule has 0 saturated heterocycles. The molecule has 2 unspecified atom stereocenters. The summed E-state index contributed by atoms with van der Waals surface area (Å²) in [6.45, 7) is 3.93. The van der Waals surface area contributed by atoms with Gasteiger partial charge in [-0.3, -0.25) is 9.59 Å². The van der Waals surface area contributed by atoms with Crippen molar-refractivity contribution in [1.29, 1.82) is 0 Å². The summed E-state index contributed by atoms with van der Waals surface area (Å²) in [6.07, 6.45) is 0. The lowest BCUT2D eigenvalue weighted by Gasteiger charge is -2.45. The first-order valence-corrected chi connectivity index (χ1v) is 21.2. The maximum absolute atomic E-state index is 12.8. The lowest BCUT2D eigenvalue weighted by molar-refractivity contribution is 0.0747. The van der Waals surface area contributed by atoms with Crippen LogP contribution in [0.4, 0.5) is 0 Å². The van der Waals surface area contributed by atoms with Crippen molar-refractivity contribution in [3.8, 4) is 22.3 Å². The smallest absolute Gasteiger partial charge is 0.194 e. The molecule has 0 aromatic heterocycles. The van der Waals surface area contributed by atoms with Crippen LogP contribution in [-0.2, 0) is 11.2 Å². The average Bonchev–Trinajstić information content (AvgIpc) is 3.28. The molecule has 4 nitrogen and oxygen atoms in total. The second-order valence-electron chi connectivity index (χ2n) is 15.4. The fraction of sp³-hybridized carbons (Fsp3) is 0.0741. The van der Waals surface area contributed by atoms with E-state index in [0.717, 1.165) is 53.5 Å². The number of hydrogen-bond acceptors (Lipinski definition) is 4. The van der Waals surface area contributed by atoms with Crippen LogP contribution in [0.3, 0.4) is 0 Å². The summed E-state index contributed by atoms with van der Waals surface area (Å²) >= 11 is 7.02. The van der Waals surface area contributed by atoms with Crippen LogP contribution in [0.2, 0.25) is 0 Å². The van der Waals surface area contributed by atoms with Crippen molar-refractivity contribution >= 4 is 43.4 Å². The zero-order valence-electron chi connectivity index (χ0n) is 32.8. The predicted octanol–water partition coefficient (Wildman–Crippen LogP) is 12.5. The highest BCUT2D eigenvalue weighted by Crippen LogP contribution is 2.53. The van der Waals surface area contributed by atoms with E-state index in [-0.39, 0.29) is 11.6 Å². The Morgan fingerprint density at radius 3 is 1.20 bits per heavy atom. The lowest BCUT2D eigenvalue weighted by Crippen LogP contribution is -2.44. The van der Waals surface area contributed by atoms with E-state index in [2.05, 4.69) is 80.4 Å². The highest BCUT2D eigenvalue weighted by molar-refractivity contribution is 9.10. The van der Waals surface area contributed by atoms with Crippen molar-refractivity contribution in [3.05, 3.63) is 258 Å². The molecule has 10 rings (SSSR count). The lowest BCUT2D eigenvalue weighted by atomic mass is 9.63. The van der Waals surface area contributed by atoms with Crippen LogP contribution in [0.25, 0.3) is 22.3 Å². The van der Waals surface area contributed by atoms with Crippen molar-refractivity contribution in [2.75, 3.05) is 0 Å². The van der Waals surface area contributed by atoms with Gasteiger partial charge in [0.15, 0.2) is 11.6 Å². The van der Waals surface area contributed by atoms with E-state index in [1.165, 1.54) is 0 Å². The van der Waals surface area contributed by atoms with Crippen molar-refractivity contribution < 1.29 is 19.8 Å². The summed E-state index contributed by atoms with van der Waals surface area (Å²) in [5, 5.41) is 25.7. The standard InChI is InChI=1S/C39H28Br2O2.C15H10O2/c1-25-6-23-36-37(24-25)39(43,31-17-9-27(10-18-31)29-13-21-33(41)22-14-29)35-5-3-2-4-34(35)38(36,42)30-15-7-26(8-16-30)28-11-19-32(40)20-12-28;1-9-6-7-12-13(8-9)15(17)11-5-3-2-4-10(11)14(12)16/h2-24,42-43H,1H3;2-8H,1H3. The molecule has 0 aliphatic heterocycles. The molecule has 2 N–H and O–H groups in total. The van der Waals surface area contributed by atoms with Crippen molar-refractivity contribution in [3.63, 3.8) is 0 Å². The van der Waals surface area contributed by atoms with Gasteiger partial charge in [0.1, 0.15) is 11.2 Å². The van der Waals surface area contributed by atoms with E-state index in [1.807, 2.05) is 111 Å². The topological polar surface area (TPSA) is 74.6 Å². The van der Waals surface area contributed by atoms with E-state index in [1.54, 1.807) is 36.4 Å². The summed E-state index contributed by atoms with van der Waals surface area (Å²) in [4.78, 5) is 24.5. The van der Waals surface area contributed by atoms with E-state index in [9.17, 15) is 19.8 Å².